The molecule has 3 unspecified atom stereocenters. The van der Waals surface area contributed by atoms with Gasteiger partial charge < -0.3 is 15.3 Å². The molecule has 3 atom stereocenters. The Labute approximate surface area is 131 Å². The monoisotopic (exact) mass is 336 g/mol. The number of carbonyl (C=O) groups excluding carboxylic acids is 2. The van der Waals surface area contributed by atoms with Gasteiger partial charge in [-0.15, -0.1) is 0 Å². The lowest BCUT2D eigenvalue weighted by atomic mass is 9.84. The molecule has 9 heteroatoms. The Bertz CT molecular complexity index is 495. The number of fused-ring (bicyclic) bond motifs is 1. The van der Waals surface area contributed by atoms with Crippen LogP contribution < -0.4 is 5.32 Å². The minimum absolute atomic E-state index is 0.0898. The predicted molar refractivity (Wildman–Crippen MR) is 72.3 cm³/mol. The standard InChI is InChI=1S/C14H19F3N2O4/c15-14(16,17)7-18-11(20)6-12(21)19-9-4-2-1-3-8(9)5-10(19)13(22)23/h8-10H,1-7H2,(H,18,20)(H,22,23). The number of halogens is 3. The van der Waals surface area contributed by atoms with E-state index >= 15 is 0 Å². The van der Waals surface area contributed by atoms with Gasteiger partial charge in [0.05, 0.1) is 0 Å². The molecule has 23 heavy (non-hydrogen) atoms. The van der Waals surface area contributed by atoms with Crippen LogP contribution in [0.1, 0.15) is 38.5 Å². The SMILES string of the molecule is O=C(CC(=O)N1C(C(=O)O)CC2CCCCC21)NCC(F)(F)F. The molecule has 130 valence electrons. The van der Waals surface area contributed by atoms with E-state index in [-0.39, 0.29) is 12.0 Å². The molecule has 2 aliphatic rings. The zero-order chi connectivity index (χ0) is 17.2. The zero-order valence-corrected chi connectivity index (χ0v) is 12.4. The van der Waals surface area contributed by atoms with Gasteiger partial charge in [0.1, 0.15) is 19.0 Å². The van der Waals surface area contributed by atoms with E-state index in [4.69, 9.17) is 0 Å². The minimum Gasteiger partial charge on any atom is -0.480 e. The minimum atomic E-state index is -4.55. The fourth-order valence-electron chi connectivity index (χ4n) is 3.53. The highest BCUT2D eigenvalue weighted by atomic mass is 19.4. The van der Waals surface area contributed by atoms with Gasteiger partial charge in [-0.2, -0.15) is 13.2 Å². The summed E-state index contributed by atoms with van der Waals surface area (Å²) in [5, 5.41) is 10.9. The number of carboxylic acids is 1. The van der Waals surface area contributed by atoms with Gasteiger partial charge in [0, 0.05) is 6.04 Å². The molecule has 2 rings (SSSR count). The van der Waals surface area contributed by atoms with Crippen molar-refractivity contribution in [1.29, 1.82) is 0 Å². The molecule has 1 saturated heterocycles. The first-order valence-corrected chi connectivity index (χ1v) is 7.56. The van der Waals surface area contributed by atoms with Crippen molar-refractivity contribution < 1.29 is 32.7 Å². The normalized spacial score (nSPS) is 27.4. The van der Waals surface area contributed by atoms with Gasteiger partial charge in [-0.1, -0.05) is 12.8 Å². The number of carbonyl (C=O) groups is 3. The number of likely N-dealkylation sites (tertiary alicyclic amines) is 1. The predicted octanol–water partition coefficient (Wildman–Crippen LogP) is 1.30. The summed E-state index contributed by atoms with van der Waals surface area (Å²) in [6.07, 6.45) is -1.62. The lowest BCUT2D eigenvalue weighted by molar-refractivity contribution is -0.152. The first kappa shape index (κ1) is 17.6. The van der Waals surface area contributed by atoms with E-state index in [1.54, 1.807) is 5.32 Å². The van der Waals surface area contributed by atoms with Crippen molar-refractivity contribution in [2.24, 2.45) is 5.92 Å². The van der Waals surface area contributed by atoms with Crippen LogP contribution in [0.3, 0.4) is 0 Å². The summed E-state index contributed by atoms with van der Waals surface area (Å²) in [6.45, 7) is -1.51. The van der Waals surface area contributed by atoms with Crippen molar-refractivity contribution in [3.63, 3.8) is 0 Å². The number of hydrogen-bond donors (Lipinski definition) is 2. The van der Waals surface area contributed by atoms with Gasteiger partial charge in [0.15, 0.2) is 0 Å². The van der Waals surface area contributed by atoms with Crippen LogP contribution in [0.4, 0.5) is 13.2 Å². The summed E-state index contributed by atoms with van der Waals surface area (Å²) in [5.41, 5.74) is 0. The summed E-state index contributed by atoms with van der Waals surface area (Å²) in [5.74, 6) is -2.81. The summed E-state index contributed by atoms with van der Waals surface area (Å²) >= 11 is 0. The molecule has 0 bridgehead atoms. The summed E-state index contributed by atoms with van der Waals surface area (Å²) < 4.78 is 36.2. The fraction of sp³-hybridized carbons (Fsp3) is 0.786. The lowest BCUT2D eigenvalue weighted by Crippen LogP contribution is -2.48. The van der Waals surface area contributed by atoms with E-state index in [0.29, 0.717) is 12.8 Å². The molecule has 0 aromatic rings. The number of carboxylic acid groups (broad SMARTS) is 1. The largest absolute Gasteiger partial charge is 0.480 e. The van der Waals surface area contributed by atoms with Crippen molar-refractivity contribution in [3.8, 4) is 0 Å². The van der Waals surface area contributed by atoms with Gasteiger partial charge in [-0.25, -0.2) is 4.79 Å². The number of nitrogens with zero attached hydrogens (tertiary/aromatic N) is 1. The number of nitrogens with one attached hydrogen (secondary N) is 1. The second-order valence-corrected chi connectivity index (χ2v) is 6.07. The van der Waals surface area contributed by atoms with Crippen LogP contribution >= 0.6 is 0 Å². The van der Waals surface area contributed by atoms with E-state index in [2.05, 4.69) is 0 Å². The van der Waals surface area contributed by atoms with Crippen molar-refractivity contribution in [3.05, 3.63) is 0 Å². The molecule has 0 aromatic heterocycles. The third kappa shape index (κ3) is 4.35. The molecule has 0 aromatic carbocycles. The molecule has 2 amide bonds. The van der Waals surface area contributed by atoms with E-state index in [0.717, 1.165) is 19.3 Å². The van der Waals surface area contributed by atoms with Gasteiger partial charge in [0.25, 0.3) is 0 Å². The van der Waals surface area contributed by atoms with Crippen molar-refractivity contribution in [1.82, 2.24) is 10.2 Å². The number of alkyl halides is 3. The Morgan fingerprint density at radius 1 is 1.17 bits per heavy atom. The van der Waals surface area contributed by atoms with Crippen molar-refractivity contribution >= 4 is 17.8 Å². The van der Waals surface area contributed by atoms with Crippen LogP contribution in [-0.4, -0.2) is 52.6 Å². The molecule has 0 radical (unpaired) electrons. The average molecular weight is 336 g/mol. The highest BCUT2D eigenvalue weighted by molar-refractivity contribution is 5.98. The highest BCUT2D eigenvalue weighted by Crippen LogP contribution is 2.40. The van der Waals surface area contributed by atoms with Gasteiger partial charge >= 0.3 is 12.1 Å². The molecule has 0 spiro atoms. The van der Waals surface area contributed by atoms with Gasteiger partial charge in [-0.3, -0.25) is 9.59 Å². The summed E-state index contributed by atoms with van der Waals surface area (Å²) in [4.78, 5) is 36.3. The summed E-state index contributed by atoms with van der Waals surface area (Å²) in [7, 11) is 0. The Morgan fingerprint density at radius 3 is 2.43 bits per heavy atom. The first-order valence-electron chi connectivity index (χ1n) is 7.56. The second-order valence-electron chi connectivity index (χ2n) is 6.07. The van der Waals surface area contributed by atoms with Gasteiger partial charge in [-0.05, 0) is 25.2 Å². The van der Waals surface area contributed by atoms with Crippen LogP contribution in [0, 0.1) is 5.92 Å². The van der Waals surface area contributed by atoms with E-state index < -0.39 is 43.0 Å². The fourth-order valence-corrected chi connectivity index (χ4v) is 3.53. The lowest BCUT2D eigenvalue weighted by Gasteiger charge is -2.32. The zero-order valence-electron chi connectivity index (χ0n) is 12.4. The molecule has 1 heterocycles. The van der Waals surface area contributed by atoms with Crippen LogP contribution in [0.15, 0.2) is 0 Å². The number of rotatable bonds is 4. The maximum absolute atomic E-state index is 12.3. The molecule has 2 fully saturated rings. The Balaban J connectivity index is 2.00. The molecule has 1 aliphatic carbocycles. The van der Waals surface area contributed by atoms with Crippen LogP contribution in [0.5, 0.6) is 0 Å². The number of hydrogen-bond acceptors (Lipinski definition) is 3. The van der Waals surface area contributed by atoms with Crippen LogP contribution in [0.25, 0.3) is 0 Å². The molecule has 6 nitrogen and oxygen atoms in total. The van der Waals surface area contributed by atoms with Crippen molar-refractivity contribution in [2.75, 3.05) is 6.54 Å². The number of amides is 2. The average Bonchev–Trinajstić information content (AvgIpc) is 2.84. The van der Waals surface area contributed by atoms with Crippen molar-refractivity contribution in [2.45, 2.75) is 56.8 Å². The smallest absolute Gasteiger partial charge is 0.405 e. The maximum atomic E-state index is 12.3. The third-order valence-corrected chi connectivity index (χ3v) is 4.46. The second kappa shape index (κ2) is 6.76. The quantitative estimate of drug-likeness (QED) is 0.758. The topological polar surface area (TPSA) is 86.7 Å². The molecule has 1 aliphatic heterocycles. The molecular formula is C14H19F3N2O4. The van der Waals surface area contributed by atoms with Crippen LogP contribution in [0.2, 0.25) is 0 Å². The molecule has 1 saturated carbocycles. The maximum Gasteiger partial charge on any atom is 0.405 e. The summed E-state index contributed by atoms with van der Waals surface area (Å²) in [6, 6.07) is -1.22. The van der Waals surface area contributed by atoms with E-state index in [9.17, 15) is 32.7 Å². The van der Waals surface area contributed by atoms with Crippen LogP contribution in [-0.2, 0) is 14.4 Å². The van der Waals surface area contributed by atoms with E-state index in [1.165, 1.54) is 4.90 Å². The Morgan fingerprint density at radius 2 is 1.83 bits per heavy atom. The van der Waals surface area contributed by atoms with Gasteiger partial charge in [0.2, 0.25) is 11.8 Å². The molecule has 2 N–H and O–H groups in total. The Hall–Kier alpha value is -1.80. The highest BCUT2D eigenvalue weighted by Gasteiger charge is 2.47. The Kier molecular flexibility index (Phi) is 5.16. The third-order valence-electron chi connectivity index (χ3n) is 4.46. The first-order chi connectivity index (χ1) is 10.7. The van der Waals surface area contributed by atoms with E-state index in [1.807, 2.05) is 0 Å². The number of aliphatic carboxylic acids is 1. The molecular weight excluding hydrogens is 317 g/mol.